The Morgan fingerprint density at radius 3 is 2.33 bits per heavy atom. The van der Waals surface area contributed by atoms with Gasteiger partial charge in [-0.3, -0.25) is 9.59 Å². The maximum atomic E-state index is 13.8. The molecular formula is C35H50N5O8P. The molecule has 1 unspecified atom stereocenters. The third-order valence-electron chi connectivity index (χ3n) is 7.94. The van der Waals surface area contributed by atoms with Crippen LogP contribution in [0.2, 0.25) is 0 Å². The van der Waals surface area contributed by atoms with Crippen LogP contribution < -0.4 is 10.2 Å². The summed E-state index contributed by atoms with van der Waals surface area (Å²) in [6.45, 7) is 7.19. The van der Waals surface area contributed by atoms with E-state index in [1.807, 2.05) is 53.2 Å². The smallest absolute Gasteiger partial charge is 0.329 e. The van der Waals surface area contributed by atoms with Gasteiger partial charge in [-0.25, -0.2) is 4.68 Å². The number of para-hydroxylation sites is 1. The van der Waals surface area contributed by atoms with Crippen molar-refractivity contribution in [3.05, 3.63) is 54.1 Å². The molecule has 2 aromatic carbocycles. The van der Waals surface area contributed by atoms with E-state index in [1.165, 1.54) is 7.11 Å². The van der Waals surface area contributed by atoms with Crippen LogP contribution in [0, 0.1) is 0 Å². The number of fused-ring (bicyclic) bond motifs is 5. The van der Waals surface area contributed by atoms with Crippen LogP contribution in [0.15, 0.2) is 48.5 Å². The molecule has 3 aromatic rings. The monoisotopic (exact) mass is 699 g/mol. The van der Waals surface area contributed by atoms with Crippen molar-refractivity contribution in [3.63, 3.8) is 0 Å². The molecule has 14 heteroatoms. The summed E-state index contributed by atoms with van der Waals surface area (Å²) in [5.74, 6) is -0.288. The van der Waals surface area contributed by atoms with E-state index in [2.05, 4.69) is 22.6 Å². The van der Waals surface area contributed by atoms with Crippen LogP contribution in [0.25, 0.3) is 22.5 Å². The molecule has 4 rings (SSSR count). The van der Waals surface area contributed by atoms with Crippen LogP contribution in [0.3, 0.4) is 0 Å². The van der Waals surface area contributed by atoms with Crippen LogP contribution in [-0.4, -0.2) is 91.6 Å². The highest BCUT2D eigenvalue weighted by molar-refractivity contribution is 7.40. The van der Waals surface area contributed by atoms with Crippen molar-refractivity contribution >= 4 is 26.1 Å². The first-order valence-corrected chi connectivity index (χ1v) is 18.2. The minimum Gasteiger partial charge on any atom is -0.379 e. The summed E-state index contributed by atoms with van der Waals surface area (Å²) in [7, 11) is -0.375. The topological polar surface area (TPSA) is 146 Å². The number of hydrogen-bond acceptors (Lipinski definition) is 10. The van der Waals surface area contributed by atoms with Crippen LogP contribution >= 0.6 is 8.60 Å². The van der Waals surface area contributed by atoms with Gasteiger partial charge in [-0.1, -0.05) is 67.4 Å². The minimum atomic E-state index is -1.78. The Labute approximate surface area is 290 Å². The summed E-state index contributed by atoms with van der Waals surface area (Å²) in [5, 5.41) is 12.0. The number of nitrogens with zero attached hydrogens (tertiary/aromatic N) is 4. The number of anilines is 1. The van der Waals surface area contributed by atoms with Crippen molar-refractivity contribution in [2.75, 3.05) is 64.8 Å². The number of unbranched alkanes of at least 4 members (excludes halogenated alkanes) is 3. The van der Waals surface area contributed by atoms with Gasteiger partial charge in [0.05, 0.1) is 64.1 Å². The van der Waals surface area contributed by atoms with Gasteiger partial charge in [-0.15, -0.1) is 5.10 Å². The van der Waals surface area contributed by atoms with Crippen LogP contribution in [0.4, 0.5) is 5.69 Å². The maximum Gasteiger partial charge on any atom is 0.329 e. The Kier molecular flexibility index (Phi) is 17.1. The minimum absolute atomic E-state index is 0.0790. The lowest BCUT2D eigenvalue weighted by Gasteiger charge is -2.28. The second-order valence-corrected chi connectivity index (χ2v) is 12.6. The first-order valence-electron chi connectivity index (χ1n) is 17.1. The number of rotatable bonds is 23. The summed E-state index contributed by atoms with van der Waals surface area (Å²) >= 11 is 0. The van der Waals surface area contributed by atoms with Crippen molar-refractivity contribution in [2.45, 2.75) is 65.0 Å². The molecule has 0 fully saturated rings. The Morgan fingerprint density at radius 2 is 1.55 bits per heavy atom. The van der Waals surface area contributed by atoms with Gasteiger partial charge in [0.1, 0.15) is 5.69 Å². The molecule has 1 aliphatic rings. The summed E-state index contributed by atoms with van der Waals surface area (Å²) in [4.78, 5) is 37.4. The van der Waals surface area contributed by atoms with Gasteiger partial charge in [0.25, 0.3) is 0 Å². The quantitative estimate of drug-likeness (QED) is 0.0993. The first-order chi connectivity index (χ1) is 24.0. The number of benzene rings is 2. The number of ether oxygens (including phenoxy) is 3. The molecule has 0 aliphatic carbocycles. The van der Waals surface area contributed by atoms with E-state index >= 15 is 0 Å². The predicted molar refractivity (Wildman–Crippen MR) is 188 cm³/mol. The summed E-state index contributed by atoms with van der Waals surface area (Å²) in [6.07, 6.45) is 4.65. The van der Waals surface area contributed by atoms with E-state index in [-0.39, 0.29) is 24.7 Å². The molecule has 0 radical (unpaired) electrons. The SMILES string of the molecule is CCCOCCOCCOCCn1nnc2c1-c1ccccc1CN(C(=O)CCC(=O)NCCCCCCOP(O)OC)c1ccccc1-2. The molecule has 2 N–H and O–H groups in total. The number of hydrogen-bond donors (Lipinski definition) is 2. The fourth-order valence-electron chi connectivity index (χ4n) is 5.48. The zero-order chi connectivity index (χ0) is 34.7. The van der Waals surface area contributed by atoms with Crippen LogP contribution in [-0.2, 0) is 45.9 Å². The fraction of sp³-hybridized carbons (Fsp3) is 0.543. The Hall–Kier alpha value is -3.29. The van der Waals surface area contributed by atoms with Gasteiger partial charge in [0.2, 0.25) is 11.8 Å². The van der Waals surface area contributed by atoms with Crippen molar-refractivity contribution < 1.29 is 37.7 Å². The first kappa shape index (κ1) is 38.5. The normalized spacial score (nSPS) is 12.8. The molecule has 0 saturated carbocycles. The third kappa shape index (κ3) is 12.2. The van der Waals surface area contributed by atoms with E-state index < -0.39 is 8.60 Å². The molecule has 1 atom stereocenters. The van der Waals surface area contributed by atoms with Crippen molar-refractivity contribution in [3.8, 4) is 22.5 Å². The number of carbonyl (C=O) groups is 2. The van der Waals surface area contributed by atoms with E-state index in [4.69, 9.17) is 23.3 Å². The Morgan fingerprint density at radius 1 is 0.857 bits per heavy atom. The average molecular weight is 700 g/mol. The van der Waals surface area contributed by atoms with Crippen LogP contribution in [0.1, 0.15) is 57.4 Å². The Balaban J connectivity index is 1.33. The average Bonchev–Trinajstić information content (AvgIpc) is 3.53. The zero-order valence-corrected chi connectivity index (χ0v) is 29.6. The van der Waals surface area contributed by atoms with Crippen LogP contribution in [0.5, 0.6) is 0 Å². The lowest BCUT2D eigenvalue weighted by Crippen LogP contribution is -2.33. The molecule has 2 heterocycles. The molecule has 268 valence electrons. The summed E-state index contributed by atoms with van der Waals surface area (Å²) < 4.78 is 28.5. The molecule has 0 saturated heterocycles. The fourth-order valence-corrected chi connectivity index (χ4v) is 5.87. The van der Waals surface area contributed by atoms with Gasteiger partial charge >= 0.3 is 8.60 Å². The number of amides is 2. The largest absolute Gasteiger partial charge is 0.379 e. The van der Waals surface area contributed by atoms with E-state index in [9.17, 15) is 14.5 Å². The predicted octanol–water partition coefficient (Wildman–Crippen LogP) is 5.26. The highest BCUT2D eigenvalue weighted by atomic mass is 31.2. The molecule has 1 aromatic heterocycles. The zero-order valence-electron chi connectivity index (χ0n) is 28.7. The molecule has 49 heavy (non-hydrogen) atoms. The summed E-state index contributed by atoms with van der Waals surface area (Å²) in [6, 6.07) is 15.7. The molecule has 2 amide bonds. The highest BCUT2D eigenvalue weighted by Crippen LogP contribution is 2.41. The number of nitrogens with one attached hydrogen (secondary N) is 1. The lowest BCUT2D eigenvalue weighted by molar-refractivity contribution is -0.125. The maximum absolute atomic E-state index is 13.8. The molecule has 0 spiro atoms. The number of aromatic nitrogens is 3. The third-order valence-corrected chi connectivity index (χ3v) is 8.66. The molecular weight excluding hydrogens is 649 g/mol. The van der Waals surface area contributed by atoms with E-state index in [1.54, 1.807) is 4.90 Å². The van der Waals surface area contributed by atoms with Gasteiger partial charge in [-0.2, -0.15) is 0 Å². The van der Waals surface area contributed by atoms with E-state index in [0.717, 1.165) is 66.8 Å². The van der Waals surface area contributed by atoms with Gasteiger partial charge in [0.15, 0.2) is 0 Å². The highest BCUT2D eigenvalue weighted by Gasteiger charge is 2.29. The van der Waals surface area contributed by atoms with Gasteiger partial charge in [0, 0.05) is 44.2 Å². The molecule has 1 aliphatic heterocycles. The second-order valence-electron chi connectivity index (χ2n) is 11.5. The standard InChI is InChI=1S/C35H50N5O8P/c1-3-20-45-23-25-47-26-24-46-22-19-40-35-29-13-7-6-12-28(29)27-39(31-15-9-8-14-30(31)34(35)37-38-40)33(42)17-16-32(41)36-18-10-4-5-11-21-48-49(43)44-2/h6-9,12-15,43H,3-5,10-11,16-27H2,1-2H3,(H,36,41). The lowest BCUT2D eigenvalue weighted by atomic mass is 9.95. The van der Waals surface area contributed by atoms with E-state index in [0.29, 0.717) is 65.0 Å². The molecule has 0 bridgehead atoms. The van der Waals surface area contributed by atoms with Gasteiger partial charge in [-0.05, 0) is 30.9 Å². The second kappa shape index (κ2) is 21.7. The van der Waals surface area contributed by atoms with Crippen molar-refractivity contribution in [1.82, 2.24) is 20.3 Å². The Bertz CT molecular complexity index is 1440. The number of carbonyl (C=O) groups excluding carboxylic acids is 2. The van der Waals surface area contributed by atoms with Gasteiger partial charge < -0.3 is 38.4 Å². The molecule has 13 nitrogen and oxygen atoms in total. The van der Waals surface area contributed by atoms with Crippen molar-refractivity contribution in [2.24, 2.45) is 0 Å². The summed E-state index contributed by atoms with van der Waals surface area (Å²) in [5.41, 5.74) is 5.02. The van der Waals surface area contributed by atoms with Crippen molar-refractivity contribution in [1.29, 1.82) is 0 Å².